The average molecular weight is 985 g/mol. The summed E-state index contributed by atoms with van der Waals surface area (Å²) in [6, 6.07) is -0.631. The van der Waals surface area contributed by atoms with E-state index in [4.69, 9.17) is 4.74 Å². The zero-order chi connectivity index (χ0) is 50.7. The first kappa shape index (κ1) is 68.1. The first-order chi connectivity index (χ1) is 34.5. The van der Waals surface area contributed by atoms with E-state index in [0.717, 1.165) is 51.4 Å². The monoisotopic (exact) mass is 984 g/mol. The molecule has 0 aromatic carbocycles. The zero-order valence-electron chi connectivity index (χ0n) is 47.0. The van der Waals surface area contributed by atoms with Crippen LogP contribution in [-0.2, 0) is 14.3 Å². The molecule has 0 radical (unpaired) electrons. The van der Waals surface area contributed by atoms with E-state index < -0.39 is 12.1 Å². The van der Waals surface area contributed by atoms with Crippen molar-refractivity contribution in [1.29, 1.82) is 0 Å². The van der Waals surface area contributed by atoms with Gasteiger partial charge in [-0.05, 0) is 83.5 Å². The molecular weight excluding hydrogens is 863 g/mol. The molecular formula is C64H121NO5. The number of rotatable bonds is 58. The summed E-state index contributed by atoms with van der Waals surface area (Å²) in [6.45, 7) is 4.89. The fourth-order valence-electron chi connectivity index (χ4n) is 9.57. The maximum absolute atomic E-state index is 12.4. The van der Waals surface area contributed by atoms with Crippen molar-refractivity contribution in [2.75, 3.05) is 13.2 Å². The molecule has 2 unspecified atom stereocenters. The van der Waals surface area contributed by atoms with Crippen LogP contribution in [0.2, 0.25) is 0 Å². The van der Waals surface area contributed by atoms with Gasteiger partial charge in [0.2, 0.25) is 5.91 Å². The molecule has 412 valence electrons. The molecule has 2 atom stereocenters. The summed E-state index contributed by atoms with van der Waals surface area (Å²) in [5.41, 5.74) is 0. The third-order valence-corrected chi connectivity index (χ3v) is 14.4. The Morgan fingerprint density at radius 3 is 1.01 bits per heavy atom. The number of amides is 1. The van der Waals surface area contributed by atoms with Crippen LogP contribution in [-0.4, -0.2) is 47.4 Å². The Kier molecular flexibility index (Phi) is 58.0. The fourth-order valence-corrected chi connectivity index (χ4v) is 9.57. The number of hydrogen-bond donors (Lipinski definition) is 3. The highest BCUT2D eigenvalue weighted by Crippen LogP contribution is 2.17. The van der Waals surface area contributed by atoms with Gasteiger partial charge in [-0.25, -0.2) is 0 Å². The number of carbonyl (C=O) groups is 2. The second kappa shape index (κ2) is 59.6. The normalized spacial score (nSPS) is 12.8. The highest BCUT2D eigenvalue weighted by molar-refractivity contribution is 5.76. The van der Waals surface area contributed by atoms with Crippen molar-refractivity contribution < 1.29 is 24.5 Å². The number of aliphatic hydroxyl groups excluding tert-OH is 2. The fraction of sp³-hybridized carbons (Fsp3) is 0.875. The summed E-state index contributed by atoms with van der Waals surface area (Å²) in [6.07, 6.45) is 74.8. The van der Waals surface area contributed by atoms with Crippen LogP contribution in [0.1, 0.15) is 335 Å². The summed E-state index contributed by atoms with van der Waals surface area (Å²) >= 11 is 0. The largest absolute Gasteiger partial charge is 0.466 e. The molecule has 0 spiro atoms. The van der Waals surface area contributed by atoms with Gasteiger partial charge in [0, 0.05) is 12.8 Å². The molecule has 0 rings (SSSR count). The number of esters is 1. The maximum Gasteiger partial charge on any atom is 0.305 e. The van der Waals surface area contributed by atoms with Crippen molar-refractivity contribution in [3.8, 4) is 0 Å². The van der Waals surface area contributed by atoms with Crippen molar-refractivity contribution in [1.82, 2.24) is 5.32 Å². The lowest BCUT2D eigenvalue weighted by Crippen LogP contribution is -2.45. The van der Waals surface area contributed by atoms with Crippen LogP contribution in [0, 0.1) is 0 Å². The number of ether oxygens (including phenoxy) is 1. The van der Waals surface area contributed by atoms with Gasteiger partial charge in [-0.2, -0.15) is 0 Å². The summed E-state index contributed by atoms with van der Waals surface area (Å²) in [5.74, 6) is -0.0648. The summed E-state index contributed by atoms with van der Waals surface area (Å²) < 4.78 is 5.50. The van der Waals surface area contributed by atoms with E-state index in [-0.39, 0.29) is 18.5 Å². The quantitative estimate of drug-likeness (QED) is 0.0321. The average Bonchev–Trinajstić information content (AvgIpc) is 3.36. The van der Waals surface area contributed by atoms with Crippen LogP contribution >= 0.6 is 0 Å². The van der Waals surface area contributed by atoms with Crippen molar-refractivity contribution in [3.05, 3.63) is 36.5 Å². The summed E-state index contributed by atoms with van der Waals surface area (Å²) in [4.78, 5) is 24.5. The Bertz CT molecular complexity index is 1130. The number of unbranched alkanes of at least 4 members (excludes halogenated alkanes) is 43. The van der Waals surface area contributed by atoms with Crippen LogP contribution in [0.15, 0.2) is 36.5 Å². The Morgan fingerprint density at radius 2 is 0.671 bits per heavy atom. The van der Waals surface area contributed by atoms with Crippen molar-refractivity contribution in [3.63, 3.8) is 0 Å². The molecule has 0 aliphatic carbocycles. The van der Waals surface area contributed by atoms with Gasteiger partial charge in [-0.3, -0.25) is 9.59 Å². The van der Waals surface area contributed by atoms with E-state index in [9.17, 15) is 19.8 Å². The Balaban J connectivity index is 3.39. The second-order valence-corrected chi connectivity index (χ2v) is 21.4. The lowest BCUT2D eigenvalue weighted by molar-refractivity contribution is -0.143. The molecule has 0 heterocycles. The van der Waals surface area contributed by atoms with E-state index >= 15 is 0 Å². The molecule has 6 nitrogen and oxygen atoms in total. The lowest BCUT2D eigenvalue weighted by atomic mass is 10.0. The van der Waals surface area contributed by atoms with Crippen molar-refractivity contribution in [2.45, 2.75) is 347 Å². The van der Waals surface area contributed by atoms with Crippen LogP contribution in [0.3, 0.4) is 0 Å². The van der Waals surface area contributed by atoms with Crippen molar-refractivity contribution in [2.24, 2.45) is 0 Å². The van der Waals surface area contributed by atoms with E-state index in [0.29, 0.717) is 19.4 Å². The Morgan fingerprint density at radius 1 is 0.386 bits per heavy atom. The minimum atomic E-state index is -0.847. The third-order valence-electron chi connectivity index (χ3n) is 14.4. The maximum atomic E-state index is 12.4. The predicted molar refractivity (Wildman–Crippen MR) is 306 cm³/mol. The van der Waals surface area contributed by atoms with Gasteiger partial charge in [0.25, 0.3) is 0 Å². The van der Waals surface area contributed by atoms with E-state index in [1.807, 2.05) is 6.08 Å². The first-order valence-electron chi connectivity index (χ1n) is 31.3. The predicted octanol–water partition coefficient (Wildman–Crippen LogP) is 19.6. The van der Waals surface area contributed by atoms with E-state index in [1.54, 1.807) is 6.08 Å². The molecule has 0 fully saturated rings. The molecule has 0 aromatic heterocycles. The second-order valence-electron chi connectivity index (χ2n) is 21.4. The molecule has 70 heavy (non-hydrogen) atoms. The van der Waals surface area contributed by atoms with Gasteiger partial charge in [-0.15, -0.1) is 0 Å². The number of carbonyl (C=O) groups excluding carboxylic acids is 2. The highest BCUT2D eigenvalue weighted by Gasteiger charge is 2.18. The van der Waals surface area contributed by atoms with Crippen LogP contribution < -0.4 is 5.32 Å². The SMILES string of the molecule is CCCCCCCC/C=C\CCCCCCCCCCCC(=O)OCCCCCCCCCCCCCC/C=C\CCCCCCCCCC(=O)NC(CO)C(O)/C=C/CCCCCCCCCCC. The minimum Gasteiger partial charge on any atom is -0.466 e. The molecule has 0 saturated heterocycles. The number of hydrogen-bond acceptors (Lipinski definition) is 5. The van der Waals surface area contributed by atoms with Gasteiger partial charge in [0.1, 0.15) is 0 Å². The first-order valence-corrected chi connectivity index (χ1v) is 31.3. The molecule has 1 amide bonds. The highest BCUT2D eigenvalue weighted by atomic mass is 16.5. The molecule has 0 aliphatic rings. The van der Waals surface area contributed by atoms with Crippen molar-refractivity contribution >= 4 is 11.9 Å². The van der Waals surface area contributed by atoms with Gasteiger partial charge < -0.3 is 20.3 Å². The van der Waals surface area contributed by atoms with Crippen LogP contribution in [0.25, 0.3) is 0 Å². The van der Waals surface area contributed by atoms with Crippen LogP contribution in [0.5, 0.6) is 0 Å². The topological polar surface area (TPSA) is 95.9 Å². The van der Waals surface area contributed by atoms with Gasteiger partial charge in [-0.1, -0.05) is 275 Å². The van der Waals surface area contributed by atoms with Crippen LogP contribution in [0.4, 0.5) is 0 Å². The smallest absolute Gasteiger partial charge is 0.305 e. The molecule has 0 bridgehead atoms. The third kappa shape index (κ3) is 55.4. The Hall–Kier alpha value is -1.92. The molecule has 6 heteroatoms. The van der Waals surface area contributed by atoms with Gasteiger partial charge >= 0.3 is 5.97 Å². The van der Waals surface area contributed by atoms with Gasteiger partial charge in [0.15, 0.2) is 0 Å². The molecule has 3 N–H and O–H groups in total. The standard InChI is InChI=1S/C64H121NO5/c1-3-5-7-9-11-13-15-16-17-18-24-28-31-34-38-42-46-50-54-58-64(69)70-59-55-51-47-43-39-35-32-29-26-23-21-19-20-22-25-27-30-33-37-41-45-49-53-57-63(68)65-61(60-66)62(67)56-52-48-44-40-36-14-12-10-8-6-4-2/h16-17,22,25,52,56,61-62,66-67H,3-15,18-21,23-24,26-51,53-55,57-60H2,1-2H3,(H,65,68)/b17-16-,25-22-,56-52+. The number of nitrogens with one attached hydrogen (secondary N) is 1. The van der Waals surface area contributed by atoms with E-state index in [2.05, 4.69) is 43.5 Å². The summed E-state index contributed by atoms with van der Waals surface area (Å²) in [5, 5.41) is 23.0. The minimum absolute atomic E-state index is 0.0105. The molecule has 0 aromatic rings. The van der Waals surface area contributed by atoms with Gasteiger partial charge in [0.05, 0.1) is 25.4 Å². The summed E-state index contributed by atoms with van der Waals surface area (Å²) in [7, 11) is 0. The lowest BCUT2D eigenvalue weighted by Gasteiger charge is -2.20. The number of allylic oxidation sites excluding steroid dienone is 5. The molecule has 0 saturated carbocycles. The number of aliphatic hydroxyl groups is 2. The zero-order valence-corrected chi connectivity index (χ0v) is 47.0. The van der Waals surface area contributed by atoms with E-state index in [1.165, 1.54) is 257 Å². The molecule has 0 aliphatic heterocycles. The Labute approximate surface area is 436 Å².